The second-order valence-corrected chi connectivity index (χ2v) is 6.11. The molecule has 0 unspecified atom stereocenters. The zero-order valence-electron chi connectivity index (χ0n) is 14.8. The van der Waals surface area contributed by atoms with Crippen LogP contribution in [0.5, 0.6) is 5.75 Å². The first kappa shape index (κ1) is 16.3. The lowest BCUT2D eigenvalue weighted by Gasteiger charge is -2.05. The second-order valence-electron chi connectivity index (χ2n) is 6.11. The molecule has 0 saturated heterocycles. The molecule has 0 bridgehead atoms. The lowest BCUT2D eigenvalue weighted by Crippen LogP contribution is -2.07. The lowest BCUT2D eigenvalue weighted by atomic mass is 10.1. The summed E-state index contributed by atoms with van der Waals surface area (Å²) in [4.78, 5) is 10.0. The summed E-state index contributed by atoms with van der Waals surface area (Å²) in [6.45, 7) is 0.976. The van der Waals surface area contributed by atoms with Crippen molar-refractivity contribution >= 4 is 11.5 Å². The summed E-state index contributed by atoms with van der Waals surface area (Å²) in [6.07, 6.45) is 0.707. The van der Waals surface area contributed by atoms with Gasteiger partial charge >= 0.3 is 0 Å². The number of rotatable bonds is 6. The Balaban J connectivity index is 1.32. The minimum atomic E-state index is 0.315. The molecule has 2 aromatic heterocycles. The van der Waals surface area contributed by atoms with Crippen LogP contribution < -0.4 is 4.74 Å². The first-order valence-corrected chi connectivity index (χ1v) is 8.84. The average molecular weight is 373 g/mol. The number of tetrazole rings is 1. The number of aromatic nitrogens is 6. The highest BCUT2D eigenvalue weighted by atomic mass is 16.6. The van der Waals surface area contributed by atoms with Crippen molar-refractivity contribution < 1.29 is 9.57 Å². The highest BCUT2D eigenvalue weighted by Crippen LogP contribution is 2.34. The number of nitrogens with zero attached hydrogens (tertiary/aromatic N) is 7. The third kappa shape index (κ3) is 2.92. The van der Waals surface area contributed by atoms with E-state index in [1.54, 1.807) is 0 Å². The average Bonchev–Trinajstić information content (AvgIpc) is 3.32. The summed E-state index contributed by atoms with van der Waals surface area (Å²) in [5.74, 6) is 1.16. The predicted octanol–water partition coefficient (Wildman–Crippen LogP) is 2.13. The number of ether oxygens (including phenoxy) is 1. The van der Waals surface area contributed by atoms with Crippen molar-refractivity contribution in [3.8, 4) is 17.0 Å². The van der Waals surface area contributed by atoms with Gasteiger partial charge in [-0.15, -0.1) is 5.10 Å². The maximum atomic E-state index is 5.65. The van der Waals surface area contributed by atoms with Crippen molar-refractivity contribution in [2.24, 2.45) is 5.16 Å². The number of hydrogen-bond acceptors (Lipinski definition) is 8. The van der Waals surface area contributed by atoms with Crippen LogP contribution in [0.15, 0.2) is 59.8 Å². The first-order chi connectivity index (χ1) is 13.9. The minimum Gasteiger partial charge on any atom is -0.493 e. The molecule has 0 N–H and O–H groups in total. The summed E-state index contributed by atoms with van der Waals surface area (Å²) in [5.41, 5.74) is 3.78. The van der Waals surface area contributed by atoms with Gasteiger partial charge in [0.15, 0.2) is 0 Å². The molecule has 0 spiro atoms. The van der Waals surface area contributed by atoms with Crippen LogP contribution in [-0.2, 0) is 4.84 Å². The number of benzene rings is 2. The van der Waals surface area contributed by atoms with Gasteiger partial charge in [0.05, 0.1) is 6.61 Å². The van der Waals surface area contributed by atoms with Crippen molar-refractivity contribution in [1.29, 1.82) is 0 Å². The fourth-order valence-corrected chi connectivity index (χ4v) is 3.01. The lowest BCUT2D eigenvalue weighted by molar-refractivity contribution is 0.128. The van der Waals surface area contributed by atoms with Crippen molar-refractivity contribution in [2.75, 3.05) is 13.2 Å². The van der Waals surface area contributed by atoms with E-state index in [1.807, 2.05) is 54.6 Å². The van der Waals surface area contributed by atoms with E-state index < -0.39 is 0 Å². The minimum absolute atomic E-state index is 0.315. The van der Waals surface area contributed by atoms with E-state index in [0.717, 1.165) is 16.9 Å². The third-order valence-electron chi connectivity index (χ3n) is 4.28. The van der Waals surface area contributed by atoms with Gasteiger partial charge in [0.1, 0.15) is 29.5 Å². The van der Waals surface area contributed by atoms with Gasteiger partial charge in [0.2, 0.25) is 0 Å². The standard InChI is InChI=1S/C19H15N7O2/c1-2-7-13(8-3-1)27-11-6-12-28-23-17-15-10-5-4-9-14(15)16-18(17)20-19-21-24-25-26(19)22-16/h1-5,7-10H,6,11-12H2/b23-17+. The van der Waals surface area contributed by atoms with Gasteiger partial charge in [0, 0.05) is 17.5 Å². The van der Waals surface area contributed by atoms with Crippen LogP contribution in [0, 0.1) is 0 Å². The zero-order valence-corrected chi connectivity index (χ0v) is 14.8. The summed E-state index contributed by atoms with van der Waals surface area (Å²) in [7, 11) is 0. The molecule has 4 aromatic rings. The topological polar surface area (TPSA) is 99.7 Å². The summed E-state index contributed by atoms with van der Waals surface area (Å²) in [5, 5.41) is 20.1. The van der Waals surface area contributed by atoms with Gasteiger partial charge < -0.3 is 9.57 Å². The van der Waals surface area contributed by atoms with Crippen LogP contribution in [0.2, 0.25) is 0 Å². The van der Waals surface area contributed by atoms with Crippen molar-refractivity contribution in [3.05, 3.63) is 65.9 Å². The molecule has 2 heterocycles. The molecule has 0 atom stereocenters. The van der Waals surface area contributed by atoms with Gasteiger partial charge in [-0.25, -0.2) is 4.98 Å². The highest BCUT2D eigenvalue weighted by Gasteiger charge is 2.29. The fraction of sp³-hybridized carbons (Fsp3) is 0.158. The Hall–Kier alpha value is -3.88. The Labute approximate surface area is 159 Å². The molecule has 0 saturated carbocycles. The van der Waals surface area contributed by atoms with Crippen LogP contribution >= 0.6 is 0 Å². The zero-order chi connectivity index (χ0) is 18.8. The van der Waals surface area contributed by atoms with E-state index in [-0.39, 0.29) is 0 Å². The smallest absolute Gasteiger partial charge is 0.292 e. The molecule has 9 nitrogen and oxygen atoms in total. The Kier molecular flexibility index (Phi) is 4.09. The van der Waals surface area contributed by atoms with E-state index in [4.69, 9.17) is 9.57 Å². The molecule has 9 heteroatoms. The van der Waals surface area contributed by atoms with E-state index >= 15 is 0 Å². The molecule has 0 amide bonds. The van der Waals surface area contributed by atoms with E-state index in [1.165, 1.54) is 4.63 Å². The summed E-state index contributed by atoms with van der Waals surface area (Å²) >= 11 is 0. The Morgan fingerprint density at radius 1 is 0.893 bits per heavy atom. The number of para-hydroxylation sites is 1. The van der Waals surface area contributed by atoms with E-state index in [2.05, 4.69) is 30.8 Å². The maximum Gasteiger partial charge on any atom is 0.292 e. The quantitative estimate of drug-likeness (QED) is 0.332. The van der Waals surface area contributed by atoms with Crippen LogP contribution in [0.1, 0.15) is 17.7 Å². The third-order valence-corrected chi connectivity index (χ3v) is 4.28. The Morgan fingerprint density at radius 3 is 2.61 bits per heavy atom. The molecule has 1 aliphatic carbocycles. The van der Waals surface area contributed by atoms with Crippen LogP contribution in [0.4, 0.5) is 0 Å². The van der Waals surface area contributed by atoms with Gasteiger partial charge in [-0.2, -0.15) is 0 Å². The molecule has 1 aliphatic rings. The number of hydrogen-bond donors (Lipinski definition) is 0. The monoisotopic (exact) mass is 373 g/mol. The van der Waals surface area contributed by atoms with Crippen molar-refractivity contribution in [1.82, 2.24) is 30.2 Å². The fourth-order valence-electron chi connectivity index (χ4n) is 3.01. The van der Waals surface area contributed by atoms with Gasteiger partial charge in [-0.3, -0.25) is 0 Å². The normalized spacial score (nSPS) is 13.5. The molecular weight excluding hydrogens is 358 g/mol. The molecule has 0 aliphatic heterocycles. The number of oxime groups is 1. The molecule has 28 heavy (non-hydrogen) atoms. The Bertz CT molecular complexity index is 1160. The first-order valence-electron chi connectivity index (χ1n) is 8.84. The predicted molar refractivity (Wildman–Crippen MR) is 100.0 cm³/mol. The van der Waals surface area contributed by atoms with Crippen LogP contribution in [0.3, 0.4) is 0 Å². The Morgan fingerprint density at radius 2 is 1.71 bits per heavy atom. The summed E-state index contributed by atoms with van der Waals surface area (Å²) in [6, 6.07) is 17.5. The largest absolute Gasteiger partial charge is 0.493 e. The second kappa shape index (κ2) is 7.03. The van der Waals surface area contributed by atoms with Gasteiger partial charge in [-0.05, 0) is 22.6 Å². The molecule has 5 rings (SSSR count). The van der Waals surface area contributed by atoms with Crippen molar-refractivity contribution in [3.63, 3.8) is 0 Å². The van der Waals surface area contributed by atoms with Crippen LogP contribution in [-0.4, -0.2) is 49.2 Å². The van der Waals surface area contributed by atoms with Gasteiger partial charge in [0.25, 0.3) is 5.78 Å². The van der Waals surface area contributed by atoms with Gasteiger partial charge in [-0.1, -0.05) is 57.3 Å². The molecule has 2 aromatic carbocycles. The molecular formula is C19H15N7O2. The highest BCUT2D eigenvalue weighted by molar-refractivity contribution is 6.22. The molecule has 138 valence electrons. The summed E-state index contributed by atoms with van der Waals surface area (Å²) < 4.78 is 6.96. The van der Waals surface area contributed by atoms with E-state index in [9.17, 15) is 0 Å². The number of fused-ring (bicyclic) bond motifs is 4. The molecule has 0 fully saturated rings. The van der Waals surface area contributed by atoms with E-state index in [0.29, 0.717) is 42.5 Å². The van der Waals surface area contributed by atoms with Crippen molar-refractivity contribution in [2.45, 2.75) is 6.42 Å². The van der Waals surface area contributed by atoms with Crippen LogP contribution in [0.25, 0.3) is 17.0 Å². The maximum absolute atomic E-state index is 5.65. The SMILES string of the molecule is c1ccc(OCCCO/N=C2\c3ccccc3-c3nn4nnnc4nc32)cc1. The molecule has 0 radical (unpaired) electrons.